The van der Waals surface area contributed by atoms with Gasteiger partial charge in [0, 0.05) is 37.4 Å². The van der Waals surface area contributed by atoms with E-state index in [0.29, 0.717) is 23.2 Å². The monoisotopic (exact) mass is 498 g/mol. The van der Waals surface area contributed by atoms with Gasteiger partial charge in [-0.2, -0.15) is 0 Å². The van der Waals surface area contributed by atoms with Crippen molar-refractivity contribution in [2.24, 2.45) is 0 Å². The first-order valence-corrected chi connectivity index (χ1v) is 13.7. The molecule has 2 aliphatic rings. The topological polar surface area (TPSA) is 74.8 Å². The van der Waals surface area contributed by atoms with Crippen LogP contribution in [0.25, 0.3) is 10.6 Å². The van der Waals surface area contributed by atoms with Crippen LogP contribution < -0.4 is 19.3 Å². The second-order valence-corrected chi connectivity index (χ2v) is 12.8. The van der Waals surface area contributed by atoms with Crippen molar-refractivity contribution in [1.82, 2.24) is 10.3 Å². The number of hydrogen-bond donors (Lipinski definition) is 1. The zero-order valence-corrected chi connectivity index (χ0v) is 21.5. The number of nitrogens with one attached hydrogen (secondary N) is 1. The first kappa shape index (κ1) is 23.1. The summed E-state index contributed by atoms with van der Waals surface area (Å²) in [6, 6.07) is 13.5. The van der Waals surface area contributed by atoms with Gasteiger partial charge in [-0.05, 0) is 69.2 Å². The van der Waals surface area contributed by atoms with Crippen LogP contribution in [-0.4, -0.2) is 51.7 Å². The van der Waals surface area contributed by atoms with Crippen molar-refractivity contribution in [3.8, 4) is 16.3 Å². The lowest BCUT2D eigenvalue weighted by Gasteiger charge is -2.44. The highest BCUT2D eigenvalue weighted by Gasteiger charge is 2.36. The molecular formula is C25H30N4O3S2. The number of piperazine rings is 1. The van der Waals surface area contributed by atoms with E-state index in [1.807, 2.05) is 36.4 Å². The van der Waals surface area contributed by atoms with Gasteiger partial charge in [0.05, 0.1) is 29.1 Å². The molecule has 5 rings (SSSR count). The molecule has 9 heteroatoms. The van der Waals surface area contributed by atoms with Gasteiger partial charge in [-0.3, -0.25) is 9.29 Å². The largest absolute Gasteiger partial charge is 0.495 e. The second-order valence-electron chi connectivity index (χ2n) is 9.62. The highest BCUT2D eigenvalue weighted by molar-refractivity contribution is 7.94. The molecule has 3 aromatic rings. The van der Waals surface area contributed by atoms with Crippen LogP contribution in [0.3, 0.4) is 0 Å². The van der Waals surface area contributed by atoms with Gasteiger partial charge in [0.15, 0.2) is 0 Å². The third-order valence-electron chi connectivity index (χ3n) is 6.33. The summed E-state index contributed by atoms with van der Waals surface area (Å²) >= 11 is 1.26. The Morgan fingerprint density at radius 2 is 2.00 bits per heavy atom. The molecule has 34 heavy (non-hydrogen) atoms. The number of anilines is 2. The van der Waals surface area contributed by atoms with Gasteiger partial charge in [-0.15, -0.1) is 11.3 Å². The van der Waals surface area contributed by atoms with Gasteiger partial charge in [-0.1, -0.05) is 6.07 Å². The first-order valence-electron chi connectivity index (χ1n) is 11.5. The van der Waals surface area contributed by atoms with Crippen molar-refractivity contribution < 1.29 is 13.2 Å². The fraction of sp³-hybridized carbons (Fsp3) is 0.400. The number of fused-ring (bicyclic) bond motifs is 1. The van der Waals surface area contributed by atoms with Crippen molar-refractivity contribution in [2.75, 3.05) is 35.9 Å². The number of methoxy groups -OCH3 is 1. The van der Waals surface area contributed by atoms with Crippen LogP contribution in [0.1, 0.15) is 26.3 Å². The molecular weight excluding hydrogens is 468 g/mol. The Bertz CT molecular complexity index is 1300. The average molecular weight is 499 g/mol. The quantitative estimate of drug-likeness (QED) is 0.570. The minimum Gasteiger partial charge on any atom is -0.495 e. The van der Waals surface area contributed by atoms with Crippen LogP contribution >= 0.6 is 11.3 Å². The third kappa shape index (κ3) is 4.16. The van der Waals surface area contributed by atoms with E-state index in [4.69, 9.17) is 4.74 Å². The number of pyridine rings is 1. The van der Waals surface area contributed by atoms with Gasteiger partial charge in [0.25, 0.3) is 10.0 Å². The minimum absolute atomic E-state index is 0.0632. The molecule has 0 saturated carbocycles. The zero-order chi connectivity index (χ0) is 24.1. The smallest absolute Gasteiger partial charge is 0.273 e. The van der Waals surface area contributed by atoms with E-state index in [1.54, 1.807) is 23.7 Å². The molecule has 0 aliphatic carbocycles. The van der Waals surface area contributed by atoms with Crippen molar-refractivity contribution in [3.63, 3.8) is 0 Å². The molecule has 1 saturated heterocycles. The average Bonchev–Trinajstić information content (AvgIpc) is 3.45. The molecule has 1 fully saturated rings. The molecule has 0 radical (unpaired) electrons. The van der Waals surface area contributed by atoms with Gasteiger partial charge >= 0.3 is 0 Å². The summed E-state index contributed by atoms with van der Waals surface area (Å²) in [6.45, 7) is 8.58. The fourth-order valence-electron chi connectivity index (χ4n) is 5.06. The number of ether oxygens (including phenoxy) is 1. The summed E-state index contributed by atoms with van der Waals surface area (Å²) in [4.78, 5) is 7.49. The SMILES string of the molecule is COc1cc2c(cc1N1C[C@H](C)NC(C)(C)C1)N(S(=O)(=O)c1ccc(-c3ccccn3)s1)CC2. The Balaban J connectivity index is 1.51. The van der Waals surface area contributed by atoms with E-state index >= 15 is 0 Å². The molecule has 0 amide bonds. The lowest BCUT2D eigenvalue weighted by molar-refractivity contribution is 0.299. The number of thiophene rings is 1. The summed E-state index contributed by atoms with van der Waals surface area (Å²) in [5.74, 6) is 0.788. The second kappa shape index (κ2) is 8.55. The molecule has 1 N–H and O–H groups in total. The molecule has 1 atom stereocenters. The highest BCUT2D eigenvalue weighted by Crippen LogP contribution is 2.43. The standard InChI is InChI=1S/C25H30N4O3S2/c1-17-15-28(16-25(2,3)27-17)21-14-20-18(13-22(21)32-4)10-12-29(20)34(30,31)24-9-8-23(33-24)19-7-5-6-11-26-19/h5-9,11,13-14,17,27H,10,12,15-16H2,1-4H3/t17-/m0/s1. The Hall–Kier alpha value is -2.62. The number of sulfonamides is 1. The van der Waals surface area contributed by atoms with Crippen LogP contribution in [-0.2, 0) is 16.4 Å². The summed E-state index contributed by atoms with van der Waals surface area (Å²) < 4.78 is 35.0. The fourth-order valence-corrected chi connectivity index (χ4v) is 7.95. The van der Waals surface area contributed by atoms with Crippen LogP contribution in [0.4, 0.5) is 11.4 Å². The summed E-state index contributed by atoms with van der Waals surface area (Å²) in [6.07, 6.45) is 2.38. The van der Waals surface area contributed by atoms with Gasteiger partial charge in [0.2, 0.25) is 0 Å². The summed E-state index contributed by atoms with van der Waals surface area (Å²) in [5, 5.41) is 3.62. The lowest BCUT2D eigenvalue weighted by Crippen LogP contribution is -2.61. The maximum atomic E-state index is 13.7. The Kier molecular flexibility index (Phi) is 5.82. The van der Waals surface area contributed by atoms with E-state index < -0.39 is 10.0 Å². The molecule has 0 unspecified atom stereocenters. The van der Waals surface area contributed by atoms with Gasteiger partial charge < -0.3 is 15.0 Å². The number of aromatic nitrogens is 1. The van der Waals surface area contributed by atoms with E-state index in [0.717, 1.165) is 46.3 Å². The van der Waals surface area contributed by atoms with Crippen LogP contribution in [0.5, 0.6) is 5.75 Å². The molecule has 180 valence electrons. The zero-order valence-electron chi connectivity index (χ0n) is 19.9. The Morgan fingerprint density at radius 1 is 1.18 bits per heavy atom. The molecule has 4 heterocycles. The molecule has 1 aromatic carbocycles. The number of rotatable bonds is 5. The predicted octanol–water partition coefficient (Wildman–Crippen LogP) is 4.15. The highest BCUT2D eigenvalue weighted by atomic mass is 32.2. The molecule has 2 aliphatic heterocycles. The first-order chi connectivity index (χ1) is 16.2. The van der Waals surface area contributed by atoms with E-state index in [1.165, 1.54) is 11.3 Å². The van der Waals surface area contributed by atoms with Crippen molar-refractivity contribution in [3.05, 3.63) is 54.2 Å². The minimum atomic E-state index is -3.69. The van der Waals surface area contributed by atoms with Gasteiger partial charge in [-0.25, -0.2) is 8.42 Å². The van der Waals surface area contributed by atoms with Crippen molar-refractivity contribution >= 4 is 32.7 Å². The summed E-state index contributed by atoms with van der Waals surface area (Å²) in [7, 11) is -2.01. The van der Waals surface area contributed by atoms with Crippen LogP contribution in [0, 0.1) is 0 Å². The van der Waals surface area contributed by atoms with E-state index in [9.17, 15) is 8.42 Å². The molecule has 2 aromatic heterocycles. The molecule has 0 bridgehead atoms. The van der Waals surface area contributed by atoms with Crippen molar-refractivity contribution in [1.29, 1.82) is 0 Å². The van der Waals surface area contributed by atoms with E-state index in [-0.39, 0.29) is 5.54 Å². The normalized spacial score (nSPS) is 19.8. The van der Waals surface area contributed by atoms with Crippen LogP contribution in [0.2, 0.25) is 0 Å². The Morgan fingerprint density at radius 3 is 2.71 bits per heavy atom. The predicted molar refractivity (Wildman–Crippen MR) is 138 cm³/mol. The lowest BCUT2D eigenvalue weighted by atomic mass is 9.98. The number of benzene rings is 1. The summed E-state index contributed by atoms with van der Waals surface area (Å²) in [5.41, 5.74) is 3.39. The van der Waals surface area contributed by atoms with Crippen LogP contribution in [0.15, 0.2) is 52.9 Å². The Labute approximate surface area is 205 Å². The third-order valence-corrected chi connectivity index (χ3v) is 9.72. The maximum Gasteiger partial charge on any atom is 0.273 e. The number of nitrogens with zero attached hydrogens (tertiary/aromatic N) is 3. The van der Waals surface area contributed by atoms with E-state index in [2.05, 4.69) is 36.0 Å². The maximum absolute atomic E-state index is 13.7. The van der Waals surface area contributed by atoms with Gasteiger partial charge in [0.1, 0.15) is 9.96 Å². The molecule has 7 nitrogen and oxygen atoms in total. The number of hydrogen-bond acceptors (Lipinski definition) is 7. The molecule has 0 spiro atoms. The van der Waals surface area contributed by atoms with Crippen molar-refractivity contribution in [2.45, 2.75) is 43.0 Å².